The van der Waals surface area contributed by atoms with E-state index in [-0.39, 0.29) is 29.7 Å². The molecule has 8 aromatic heterocycles. The summed E-state index contributed by atoms with van der Waals surface area (Å²) in [6.07, 6.45) is 19.4. The van der Waals surface area contributed by atoms with E-state index in [0.717, 1.165) is 212 Å². The molecule has 0 spiro atoms. The van der Waals surface area contributed by atoms with Crippen LogP contribution in [0.25, 0.3) is 22.6 Å². The Balaban J connectivity index is 0.000000218. The van der Waals surface area contributed by atoms with Crippen LogP contribution >= 0.6 is 0 Å². The summed E-state index contributed by atoms with van der Waals surface area (Å²) in [7, 11) is 4.21. The second-order valence-electron chi connectivity index (χ2n) is 31.4. The summed E-state index contributed by atoms with van der Waals surface area (Å²) in [6.45, 7) is 35.1. The van der Waals surface area contributed by atoms with Crippen molar-refractivity contribution in [1.29, 1.82) is 0 Å². The number of unbranched alkanes of at least 4 members (excludes halogenated alkanes) is 6. The fourth-order valence-electron chi connectivity index (χ4n) is 14.1. The van der Waals surface area contributed by atoms with E-state index in [1.54, 1.807) is 0 Å². The zero-order valence-electron chi connectivity index (χ0n) is 70.4. The highest BCUT2D eigenvalue weighted by Gasteiger charge is 2.20. The topological polar surface area (TPSA) is 277 Å². The molecule has 0 radical (unpaired) electrons. The quantitative estimate of drug-likeness (QED) is 0.0159. The first-order valence-corrected chi connectivity index (χ1v) is 42.5. The van der Waals surface area contributed by atoms with Crippen molar-refractivity contribution in [2.24, 2.45) is 5.73 Å². The average Bonchev–Trinajstić information content (AvgIpc) is 1.68. The number of hydrogen-bond acceptors (Lipinski definition) is 22. The number of fused-ring (bicyclic) bond motifs is 4. The number of nitrogens with zero attached hydrogens (tertiary/aromatic N) is 15. The molecule has 26 heteroatoms. The van der Waals surface area contributed by atoms with E-state index in [1.807, 2.05) is 87.2 Å². The van der Waals surface area contributed by atoms with Crippen molar-refractivity contribution >= 4 is 69.1 Å². The third kappa shape index (κ3) is 29.7. The molecule has 2 saturated heterocycles. The molecule has 0 amide bonds. The summed E-state index contributed by atoms with van der Waals surface area (Å²) in [5, 5.41) is 53.0. The van der Waals surface area contributed by atoms with Crippen molar-refractivity contribution in [2.75, 3.05) is 161 Å². The number of nitrogens with two attached hydrogens (primary N) is 1. The highest BCUT2D eigenvalue weighted by molar-refractivity contribution is 5.64. The average molecular weight is 1640 g/mol. The maximum Gasteiger partial charge on any atom is 0.163 e. The van der Waals surface area contributed by atoms with Crippen LogP contribution in [0.5, 0.6) is 0 Å². The first kappa shape index (κ1) is 96.6. The first-order chi connectivity index (χ1) is 56.8. The minimum absolute atomic E-state index is 0. The van der Waals surface area contributed by atoms with Gasteiger partial charge in [-0.3, -0.25) is 0 Å². The lowest BCUT2D eigenvalue weighted by molar-refractivity contribution is 0.154. The van der Waals surface area contributed by atoms with E-state index in [2.05, 4.69) is 252 Å². The molecule has 0 saturated carbocycles. The Morgan fingerprint density at radius 2 is 0.658 bits per heavy atom. The van der Waals surface area contributed by atoms with Gasteiger partial charge in [-0.05, 0) is 126 Å². The number of aryl methyl sites for hydroxylation is 1. The highest BCUT2D eigenvalue weighted by atomic mass is 15.3. The predicted octanol–water partition coefficient (Wildman–Crippen LogP) is 17.5. The lowest BCUT2D eigenvalue weighted by Gasteiger charge is -2.32. The van der Waals surface area contributed by atoms with E-state index >= 15 is 0 Å². The number of nitrogens with one attached hydrogen (secondary N) is 10. The standard InChI is InChI=1S/C24H35N7.C23H33N7.C23H34N6.C20H28N6.4CH4/c1-19(2)21-18-27-31-23(26-17-20-8-5-4-6-9-20)16-22(28-24(21)31)25-10-7-11-30-14-12-29(3)13-15-30;1-18(2)20-17-27-30-22(26-16-19-7-4-3-5-8-19)15-21(28-23(20)30)25-9-6-12-29-13-10-24-11-14-29;1-18(2)20-17-27-29-22(26-16-19-11-7-6-8-12-19)15-21(28-23(20)29)25-14-10-5-4-9-13-24-3;1-16-14-24-26-19(23-15-17-9-5-4-6-10-17)13-18(25-20(16)26)22-12-8-3-2-7-11-21;;;;/h4-6,8-9,16,18-19,26H,7,10-15,17H2,1-3H3,(H,25,28);3-5,7-8,15,17-18,24,26H,6,9-14,16H2,1-2H3,(H,25,28);6-8,11-12,15,17-18,24,26H,4-5,9-10,13-14,16H2,1-3H3,(H,25,28);4-6,9-10,13-14,23H,2-3,7-8,11-12,15,21H2,1H3,(H,22,25);4*1H4. The van der Waals surface area contributed by atoms with Gasteiger partial charge in [-0.2, -0.15) is 38.5 Å². The molecule has 26 nitrogen and oxygen atoms in total. The highest BCUT2D eigenvalue weighted by Crippen LogP contribution is 2.29. The van der Waals surface area contributed by atoms with Gasteiger partial charge < -0.3 is 73.6 Å². The van der Waals surface area contributed by atoms with Gasteiger partial charge >= 0.3 is 0 Å². The Bertz CT molecular complexity index is 4780. The van der Waals surface area contributed by atoms with Crippen LogP contribution in [-0.4, -0.2) is 192 Å². The fraction of sp³-hybridized carbons (Fsp3) is 0.489. The van der Waals surface area contributed by atoms with Crippen LogP contribution in [0.4, 0.5) is 46.5 Å². The Morgan fingerprint density at radius 1 is 0.358 bits per heavy atom. The number of piperazine rings is 2. The molecule has 12 N–H and O–H groups in total. The number of likely N-dealkylation sites (N-methyl/N-ethyl adjacent to an activating group) is 1. The third-order valence-electron chi connectivity index (χ3n) is 21.1. The van der Waals surface area contributed by atoms with Crippen molar-refractivity contribution in [1.82, 2.24) is 83.7 Å². The molecule has 0 bridgehead atoms. The molecule has 14 rings (SSSR count). The smallest absolute Gasteiger partial charge is 0.163 e. The number of aromatic nitrogens is 12. The summed E-state index contributed by atoms with van der Waals surface area (Å²) in [5.74, 6) is 8.55. The molecule has 2 fully saturated rings. The Hall–Kier alpha value is -10.5. The molecule has 2 aliphatic heterocycles. The number of anilines is 8. The van der Waals surface area contributed by atoms with Gasteiger partial charge in [-0.25, -0.2) is 19.9 Å². The molecule has 2 aliphatic rings. The lowest BCUT2D eigenvalue weighted by Crippen LogP contribution is -2.44. The third-order valence-corrected chi connectivity index (χ3v) is 21.1. The van der Waals surface area contributed by atoms with Gasteiger partial charge in [0.25, 0.3) is 0 Å². The van der Waals surface area contributed by atoms with E-state index < -0.39 is 0 Å². The lowest BCUT2D eigenvalue weighted by atomic mass is 10.1. The maximum atomic E-state index is 5.54. The van der Waals surface area contributed by atoms with Crippen LogP contribution in [0.2, 0.25) is 0 Å². The van der Waals surface area contributed by atoms with Gasteiger partial charge in [0, 0.05) is 151 Å². The van der Waals surface area contributed by atoms with Gasteiger partial charge in [0.1, 0.15) is 46.5 Å². The van der Waals surface area contributed by atoms with E-state index in [1.165, 1.54) is 97.2 Å². The minimum atomic E-state index is 0. The summed E-state index contributed by atoms with van der Waals surface area (Å²) in [4.78, 5) is 26.8. The van der Waals surface area contributed by atoms with Crippen LogP contribution in [0.3, 0.4) is 0 Å². The van der Waals surface area contributed by atoms with Gasteiger partial charge in [-0.15, -0.1) is 0 Å². The van der Waals surface area contributed by atoms with E-state index in [0.29, 0.717) is 17.8 Å². The second-order valence-corrected chi connectivity index (χ2v) is 31.4. The molecular formula is C94H146N26. The van der Waals surface area contributed by atoms with E-state index in [4.69, 9.17) is 25.7 Å². The SMILES string of the molecule is C.C.C.C.CC(C)c1cnn2c(NCc3ccccc3)cc(NCCCN3CCN(C)CC3)nc12.CC(C)c1cnn2c(NCc3ccccc3)cc(NCCCN3CCNCC3)nc12.CNCCCCCCNc1cc(NCc2ccccc2)n2ncc(C(C)C)c2n1.Cc1cnn2c(NCc3ccccc3)cc(NCCCCCCN)nc12. The molecule has 4 aromatic carbocycles. The van der Waals surface area contributed by atoms with Gasteiger partial charge in [0.15, 0.2) is 22.6 Å². The van der Waals surface area contributed by atoms with Crippen LogP contribution in [0.15, 0.2) is 170 Å². The normalized spacial score (nSPS) is 12.9. The van der Waals surface area contributed by atoms with Crippen molar-refractivity contribution in [2.45, 2.75) is 186 Å². The van der Waals surface area contributed by atoms with Crippen molar-refractivity contribution in [3.63, 3.8) is 0 Å². The number of benzene rings is 4. The Kier molecular flexibility index (Phi) is 41.8. The van der Waals surface area contributed by atoms with Crippen molar-refractivity contribution in [3.8, 4) is 0 Å². The molecule has 652 valence electrons. The van der Waals surface area contributed by atoms with Crippen LogP contribution in [0.1, 0.15) is 198 Å². The molecule has 0 aliphatic carbocycles. The zero-order chi connectivity index (χ0) is 81.1. The van der Waals surface area contributed by atoms with Crippen molar-refractivity contribution in [3.05, 3.63) is 215 Å². The Morgan fingerprint density at radius 3 is 0.992 bits per heavy atom. The molecule has 0 atom stereocenters. The van der Waals surface area contributed by atoms with Crippen LogP contribution < -0.4 is 58.9 Å². The van der Waals surface area contributed by atoms with Gasteiger partial charge in [0.2, 0.25) is 0 Å². The van der Waals surface area contributed by atoms with E-state index in [9.17, 15) is 0 Å². The molecule has 0 unspecified atom stereocenters. The first-order valence-electron chi connectivity index (χ1n) is 42.5. The second kappa shape index (κ2) is 51.9. The molecule has 10 heterocycles. The number of hydrogen-bond donors (Lipinski definition) is 11. The summed E-state index contributed by atoms with van der Waals surface area (Å²) in [5.41, 5.74) is 18.7. The van der Waals surface area contributed by atoms with Gasteiger partial charge in [0.05, 0.1) is 24.8 Å². The molecular weight excluding hydrogens is 1490 g/mol. The minimum Gasteiger partial charge on any atom is -0.370 e. The Labute approximate surface area is 717 Å². The maximum absolute atomic E-state index is 5.54. The zero-order valence-corrected chi connectivity index (χ0v) is 70.4. The summed E-state index contributed by atoms with van der Waals surface area (Å²) >= 11 is 0. The molecule has 12 aromatic rings. The fourth-order valence-corrected chi connectivity index (χ4v) is 14.1. The monoisotopic (exact) mass is 1640 g/mol. The predicted molar refractivity (Wildman–Crippen MR) is 507 cm³/mol. The van der Waals surface area contributed by atoms with Crippen LogP contribution in [-0.2, 0) is 26.2 Å². The van der Waals surface area contributed by atoms with Crippen LogP contribution in [0, 0.1) is 6.92 Å². The summed E-state index contributed by atoms with van der Waals surface area (Å²) in [6, 6.07) is 49.9. The molecule has 120 heavy (non-hydrogen) atoms. The van der Waals surface area contributed by atoms with Crippen molar-refractivity contribution < 1.29 is 0 Å². The summed E-state index contributed by atoms with van der Waals surface area (Å²) < 4.78 is 7.63. The number of rotatable bonds is 40. The largest absolute Gasteiger partial charge is 0.370 e. The van der Waals surface area contributed by atoms with Gasteiger partial charge in [-0.1, -0.05) is 218 Å².